The van der Waals surface area contributed by atoms with Gasteiger partial charge in [-0.3, -0.25) is 9.69 Å². The van der Waals surface area contributed by atoms with Crippen molar-refractivity contribution in [2.75, 3.05) is 19.6 Å². The van der Waals surface area contributed by atoms with Gasteiger partial charge in [-0.1, -0.05) is 42.5 Å². The number of aryl methyl sites for hydroxylation is 1. The van der Waals surface area contributed by atoms with E-state index < -0.39 is 0 Å². The Hall–Kier alpha value is -2.24. The van der Waals surface area contributed by atoms with Crippen LogP contribution >= 0.6 is 11.3 Å². The van der Waals surface area contributed by atoms with Crippen molar-refractivity contribution in [1.82, 2.24) is 15.2 Å². The number of hydrogen-bond donors (Lipinski definition) is 1. The van der Waals surface area contributed by atoms with Crippen LogP contribution < -0.4 is 5.32 Å². The topological polar surface area (TPSA) is 45.2 Å². The van der Waals surface area contributed by atoms with Crippen LogP contribution in [0.2, 0.25) is 0 Å². The van der Waals surface area contributed by atoms with Crippen LogP contribution in [-0.4, -0.2) is 41.5 Å². The van der Waals surface area contributed by atoms with Crippen LogP contribution in [0.1, 0.15) is 42.7 Å². The maximum absolute atomic E-state index is 12.4. The Kier molecular flexibility index (Phi) is 6.57. The first kappa shape index (κ1) is 20.0. The summed E-state index contributed by atoms with van der Waals surface area (Å²) in [5, 5.41) is 4.42. The molecular weight excluding hydrogens is 378 g/mol. The summed E-state index contributed by atoms with van der Waals surface area (Å²) in [6, 6.07) is 19.0. The molecule has 152 valence electrons. The molecule has 0 radical (unpaired) electrons. The first-order valence-electron chi connectivity index (χ1n) is 10.6. The molecule has 1 aliphatic heterocycles. The summed E-state index contributed by atoms with van der Waals surface area (Å²) in [5.74, 6) is 0.667. The first-order valence-corrected chi connectivity index (χ1v) is 11.4. The fourth-order valence-corrected chi connectivity index (χ4v) is 5.16. The lowest BCUT2D eigenvalue weighted by Gasteiger charge is -2.30. The highest BCUT2D eigenvalue weighted by molar-refractivity contribution is 7.18. The molecule has 1 atom stereocenters. The number of carbonyl (C=O) groups excluding carboxylic acids is 1. The molecule has 1 N–H and O–H groups in total. The number of likely N-dealkylation sites (tertiary alicyclic amines) is 1. The van der Waals surface area contributed by atoms with Crippen LogP contribution in [0.15, 0.2) is 54.6 Å². The van der Waals surface area contributed by atoms with Gasteiger partial charge in [0.1, 0.15) is 0 Å². The number of rotatable bonds is 7. The van der Waals surface area contributed by atoms with Crippen molar-refractivity contribution in [3.05, 3.63) is 65.2 Å². The van der Waals surface area contributed by atoms with Gasteiger partial charge in [0.15, 0.2) is 0 Å². The van der Waals surface area contributed by atoms with E-state index in [2.05, 4.69) is 59.6 Å². The van der Waals surface area contributed by atoms with Gasteiger partial charge in [0, 0.05) is 12.0 Å². The summed E-state index contributed by atoms with van der Waals surface area (Å²) < 4.78 is 1.27. The summed E-state index contributed by atoms with van der Waals surface area (Å²) in [5.41, 5.74) is 2.43. The highest BCUT2D eigenvalue weighted by Crippen LogP contribution is 2.33. The molecule has 1 saturated heterocycles. The molecule has 0 spiro atoms. The zero-order chi connectivity index (χ0) is 20.1. The van der Waals surface area contributed by atoms with Crippen molar-refractivity contribution in [3.63, 3.8) is 0 Å². The molecule has 4 nitrogen and oxygen atoms in total. The number of nitrogens with zero attached hydrogens (tertiary/aromatic N) is 2. The minimum absolute atomic E-state index is 0.143. The maximum atomic E-state index is 12.4. The number of benzene rings is 2. The Morgan fingerprint density at radius 2 is 1.86 bits per heavy atom. The molecule has 0 aliphatic carbocycles. The van der Waals surface area contributed by atoms with E-state index in [4.69, 9.17) is 4.98 Å². The zero-order valence-corrected chi connectivity index (χ0v) is 17.8. The van der Waals surface area contributed by atoms with Crippen molar-refractivity contribution >= 4 is 27.5 Å². The SMILES string of the molecule is C[C@@H](CCc1ccccc1)NC(=O)CN1CCC(c2nc3ccccc3s2)CC1. The third-order valence-electron chi connectivity index (χ3n) is 5.73. The van der Waals surface area contributed by atoms with E-state index in [1.54, 1.807) is 0 Å². The van der Waals surface area contributed by atoms with Crippen LogP contribution in [-0.2, 0) is 11.2 Å². The minimum Gasteiger partial charge on any atom is -0.353 e. The van der Waals surface area contributed by atoms with E-state index in [0.717, 1.165) is 44.3 Å². The van der Waals surface area contributed by atoms with Gasteiger partial charge < -0.3 is 5.32 Å². The van der Waals surface area contributed by atoms with Gasteiger partial charge in [0.25, 0.3) is 0 Å². The molecule has 3 aromatic rings. The fourth-order valence-electron chi connectivity index (χ4n) is 4.03. The van der Waals surface area contributed by atoms with Crippen molar-refractivity contribution in [2.24, 2.45) is 0 Å². The number of nitrogens with one attached hydrogen (secondary N) is 1. The number of thiazole rings is 1. The lowest BCUT2D eigenvalue weighted by molar-refractivity contribution is -0.123. The van der Waals surface area contributed by atoms with Crippen LogP contribution in [0.5, 0.6) is 0 Å². The van der Waals surface area contributed by atoms with Crippen LogP contribution in [0.3, 0.4) is 0 Å². The minimum atomic E-state index is 0.143. The third-order valence-corrected chi connectivity index (χ3v) is 6.93. The second-order valence-electron chi connectivity index (χ2n) is 8.06. The molecule has 2 aromatic carbocycles. The smallest absolute Gasteiger partial charge is 0.234 e. The van der Waals surface area contributed by atoms with E-state index in [0.29, 0.717) is 12.5 Å². The van der Waals surface area contributed by atoms with Crippen molar-refractivity contribution < 1.29 is 4.79 Å². The Labute approximate surface area is 177 Å². The standard InChI is InChI=1S/C24H29N3OS/c1-18(11-12-19-7-3-2-4-8-19)25-23(28)17-27-15-13-20(14-16-27)24-26-21-9-5-6-10-22(21)29-24/h2-10,18,20H,11-17H2,1H3,(H,25,28)/t18-/m0/s1. The summed E-state index contributed by atoms with van der Waals surface area (Å²) in [7, 11) is 0. The Balaban J connectivity index is 1.20. The largest absolute Gasteiger partial charge is 0.353 e. The van der Waals surface area contributed by atoms with E-state index in [9.17, 15) is 4.79 Å². The molecule has 1 amide bonds. The van der Waals surface area contributed by atoms with Gasteiger partial charge in [0.2, 0.25) is 5.91 Å². The predicted molar refractivity (Wildman–Crippen MR) is 120 cm³/mol. The zero-order valence-electron chi connectivity index (χ0n) is 17.0. The van der Waals surface area contributed by atoms with Gasteiger partial charge in [-0.15, -0.1) is 11.3 Å². The van der Waals surface area contributed by atoms with Crippen molar-refractivity contribution in [2.45, 2.75) is 44.6 Å². The third kappa shape index (κ3) is 5.43. The first-order chi connectivity index (χ1) is 14.2. The average Bonchev–Trinajstić information content (AvgIpc) is 3.18. The predicted octanol–water partition coefficient (Wildman–Crippen LogP) is 4.61. The monoisotopic (exact) mass is 407 g/mol. The van der Waals surface area contributed by atoms with E-state index in [1.165, 1.54) is 15.3 Å². The summed E-state index contributed by atoms with van der Waals surface area (Å²) in [6.07, 6.45) is 4.12. The number of carbonyl (C=O) groups is 1. The number of amides is 1. The summed E-state index contributed by atoms with van der Waals surface area (Å²) >= 11 is 1.82. The molecule has 1 fully saturated rings. The molecule has 2 heterocycles. The van der Waals surface area contributed by atoms with Gasteiger partial charge in [-0.25, -0.2) is 4.98 Å². The molecule has 5 heteroatoms. The maximum Gasteiger partial charge on any atom is 0.234 e. The van der Waals surface area contributed by atoms with E-state index >= 15 is 0 Å². The van der Waals surface area contributed by atoms with Gasteiger partial charge >= 0.3 is 0 Å². The number of fused-ring (bicyclic) bond motifs is 1. The molecule has 4 rings (SSSR count). The molecule has 0 saturated carbocycles. The molecule has 1 aromatic heterocycles. The summed E-state index contributed by atoms with van der Waals surface area (Å²) in [4.78, 5) is 19.5. The lowest BCUT2D eigenvalue weighted by atomic mass is 9.97. The highest BCUT2D eigenvalue weighted by atomic mass is 32.1. The second-order valence-corrected chi connectivity index (χ2v) is 9.13. The van der Waals surface area contributed by atoms with Gasteiger partial charge in [0.05, 0.1) is 21.8 Å². The molecule has 1 aliphatic rings. The van der Waals surface area contributed by atoms with Crippen molar-refractivity contribution in [3.8, 4) is 0 Å². The molecular formula is C24H29N3OS. The van der Waals surface area contributed by atoms with Crippen LogP contribution in [0.4, 0.5) is 0 Å². The highest BCUT2D eigenvalue weighted by Gasteiger charge is 2.24. The number of para-hydroxylation sites is 1. The summed E-state index contributed by atoms with van der Waals surface area (Å²) in [6.45, 7) is 4.53. The Morgan fingerprint density at radius 3 is 2.62 bits per heavy atom. The number of hydrogen-bond acceptors (Lipinski definition) is 4. The van der Waals surface area contributed by atoms with Crippen LogP contribution in [0, 0.1) is 0 Å². The Morgan fingerprint density at radius 1 is 1.14 bits per heavy atom. The van der Waals surface area contributed by atoms with Gasteiger partial charge in [-0.05, 0) is 63.4 Å². The average molecular weight is 408 g/mol. The quantitative estimate of drug-likeness (QED) is 0.622. The van der Waals surface area contributed by atoms with E-state index in [-0.39, 0.29) is 11.9 Å². The van der Waals surface area contributed by atoms with Gasteiger partial charge in [-0.2, -0.15) is 0 Å². The Bertz CT molecular complexity index is 898. The number of piperidine rings is 1. The second kappa shape index (κ2) is 9.51. The number of aromatic nitrogens is 1. The normalized spacial score (nSPS) is 16.7. The molecule has 29 heavy (non-hydrogen) atoms. The molecule has 0 unspecified atom stereocenters. The molecule has 0 bridgehead atoms. The van der Waals surface area contributed by atoms with E-state index in [1.807, 2.05) is 23.5 Å². The van der Waals surface area contributed by atoms with Crippen molar-refractivity contribution in [1.29, 1.82) is 0 Å². The fraction of sp³-hybridized carbons (Fsp3) is 0.417. The van der Waals surface area contributed by atoms with Crippen LogP contribution in [0.25, 0.3) is 10.2 Å². The lowest BCUT2D eigenvalue weighted by Crippen LogP contribution is -2.43.